The van der Waals surface area contributed by atoms with Crippen molar-refractivity contribution in [1.82, 2.24) is 4.98 Å². The van der Waals surface area contributed by atoms with Crippen LogP contribution in [0.25, 0.3) is 10.9 Å². The first-order chi connectivity index (χ1) is 8.36. The highest BCUT2D eigenvalue weighted by Crippen LogP contribution is 2.28. The van der Waals surface area contributed by atoms with Gasteiger partial charge in [0, 0.05) is 28.8 Å². The van der Waals surface area contributed by atoms with Crippen molar-refractivity contribution in [3.63, 3.8) is 0 Å². The molecule has 1 aromatic heterocycles. The molecule has 2 aromatic rings. The number of H-pyrrole nitrogens is 1. The van der Waals surface area contributed by atoms with Crippen molar-refractivity contribution in [2.75, 3.05) is 11.9 Å². The van der Waals surface area contributed by atoms with E-state index >= 15 is 0 Å². The Kier molecular flexibility index (Phi) is 2.77. The Labute approximate surface area is 101 Å². The summed E-state index contributed by atoms with van der Waals surface area (Å²) in [6.07, 6.45) is 5.78. The number of aromatic amines is 1. The summed E-state index contributed by atoms with van der Waals surface area (Å²) in [7, 11) is 0. The van der Waals surface area contributed by atoms with Gasteiger partial charge in [0.25, 0.3) is 0 Å². The molecule has 3 rings (SSSR count). The van der Waals surface area contributed by atoms with Crippen LogP contribution in [0.4, 0.5) is 5.69 Å². The first kappa shape index (κ1) is 10.7. The van der Waals surface area contributed by atoms with Gasteiger partial charge in [-0.05, 0) is 49.6 Å². The zero-order valence-corrected chi connectivity index (χ0v) is 9.95. The van der Waals surface area contributed by atoms with Crippen LogP contribution < -0.4 is 11.1 Å². The summed E-state index contributed by atoms with van der Waals surface area (Å²) >= 11 is 0. The topological polar surface area (TPSA) is 53.8 Å². The van der Waals surface area contributed by atoms with Crippen molar-refractivity contribution < 1.29 is 0 Å². The van der Waals surface area contributed by atoms with Crippen molar-refractivity contribution in [2.45, 2.75) is 25.3 Å². The minimum absolute atomic E-state index is 0.552. The number of aromatic nitrogens is 1. The molecule has 1 aromatic carbocycles. The lowest BCUT2D eigenvalue weighted by Gasteiger charge is -2.20. The van der Waals surface area contributed by atoms with E-state index in [2.05, 4.69) is 34.6 Å². The smallest absolute Gasteiger partial charge is 0.0455 e. The molecule has 1 saturated carbocycles. The number of hydrogen-bond acceptors (Lipinski definition) is 2. The van der Waals surface area contributed by atoms with Crippen molar-refractivity contribution >= 4 is 16.6 Å². The van der Waals surface area contributed by atoms with Gasteiger partial charge in [0.05, 0.1) is 0 Å². The van der Waals surface area contributed by atoms with Crippen LogP contribution in [0.2, 0.25) is 0 Å². The molecule has 0 aliphatic heterocycles. The number of fused-ring (bicyclic) bond motifs is 1. The van der Waals surface area contributed by atoms with Gasteiger partial charge in [-0.1, -0.05) is 6.42 Å². The molecule has 0 radical (unpaired) electrons. The lowest BCUT2D eigenvalue weighted by molar-refractivity contribution is 0.517. The lowest BCUT2D eigenvalue weighted by atomic mass is 10.0. The molecule has 17 heavy (non-hydrogen) atoms. The van der Waals surface area contributed by atoms with Gasteiger partial charge in [0.1, 0.15) is 0 Å². The summed E-state index contributed by atoms with van der Waals surface area (Å²) in [5.74, 6) is 0.636. The first-order valence-electron chi connectivity index (χ1n) is 6.40. The molecule has 1 aliphatic rings. The van der Waals surface area contributed by atoms with Gasteiger partial charge in [-0.25, -0.2) is 0 Å². The number of anilines is 1. The second kappa shape index (κ2) is 4.41. The molecule has 2 atom stereocenters. The Morgan fingerprint density at radius 1 is 1.29 bits per heavy atom. The predicted octanol–water partition coefficient (Wildman–Crippen LogP) is 2.71. The normalized spacial score (nSPS) is 24.3. The monoisotopic (exact) mass is 229 g/mol. The molecular weight excluding hydrogens is 210 g/mol. The summed E-state index contributed by atoms with van der Waals surface area (Å²) in [6.45, 7) is 0.796. The minimum atomic E-state index is 0.552. The summed E-state index contributed by atoms with van der Waals surface area (Å²) in [4.78, 5) is 3.21. The number of nitrogens with two attached hydrogens (primary N) is 1. The molecule has 1 fully saturated rings. The van der Waals surface area contributed by atoms with E-state index in [9.17, 15) is 0 Å². The second-order valence-corrected chi connectivity index (χ2v) is 4.96. The zero-order valence-electron chi connectivity index (χ0n) is 9.95. The van der Waals surface area contributed by atoms with E-state index in [1.807, 2.05) is 6.20 Å². The molecule has 0 spiro atoms. The van der Waals surface area contributed by atoms with E-state index in [1.165, 1.54) is 35.9 Å². The van der Waals surface area contributed by atoms with Crippen molar-refractivity contribution in [3.8, 4) is 0 Å². The average Bonchev–Trinajstić information content (AvgIpc) is 2.96. The van der Waals surface area contributed by atoms with E-state index in [0.29, 0.717) is 12.0 Å². The molecule has 3 heteroatoms. The maximum Gasteiger partial charge on any atom is 0.0455 e. The highest BCUT2D eigenvalue weighted by molar-refractivity contribution is 5.83. The van der Waals surface area contributed by atoms with Crippen molar-refractivity contribution in [3.05, 3.63) is 30.5 Å². The Hall–Kier alpha value is -1.48. The molecule has 0 bridgehead atoms. The van der Waals surface area contributed by atoms with Gasteiger partial charge in [-0.3, -0.25) is 0 Å². The molecule has 0 saturated heterocycles. The Balaban J connectivity index is 1.79. The highest BCUT2D eigenvalue weighted by Gasteiger charge is 2.25. The molecule has 2 unspecified atom stereocenters. The van der Waals surface area contributed by atoms with E-state index in [0.717, 1.165) is 6.54 Å². The summed E-state index contributed by atoms with van der Waals surface area (Å²) in [5.41, 5.74) is 8.21. The van der Waals surface area contributed by atoms with Gasteiger partial charge in [-0.2, -0.15) is 0 Å². The fourth-order valence-electron chi connectivity index (χ4n) is 2.87. The zero-order chi connectivity index (χ0) is 11.7. The standard InChI is InChI=1S/C14H19N3/c15-9-11-2-1-3-14(11)17-12-4-5-13-10(8-12)6-7-16-13/h4-8,11,14,16-17H,1-3,9,15H2. The maximum absolute atomic E-state index is 5.81. The summed E-state index contributed by atoms with van der Waals surface area (Å²) in [6, 6.07) is 9.14. The number of rotatable bonds is 3. The number of benzene rings is 1. The van der Waals surface area contributed by atoms with Crippen LogP contribution in [-0.2, 0) is 0 Å². The van der Waals surface area contributed by atoms with Crippen LogP contribution in [0, 0.1) is 5.92 Å². The van der Waals surface area contributed by atoms with E-state index < -0.39 is 0 Å². The molecule has 1 heterocycles. The third-order valence-corrected chi connectivity index (χ3v) is 3.87. The molecule has 1 aliphatic carbocycles. The molecule has 0 amide bonds. The predicted molar refractivity (Wildman–Crippen MR) is 72.1 cm³/mol. The van der Waals surface area contributed by atoms with E-state index in [-0.39, 0.29) is 0 Å². The van der Waals surface area contributed by atoms with Gasteiger partial charge >= 0.3 is 0 Å². The van der Waals surface area contributed by atoms with E-state index in [1.54, 1.807) is 0 Å². The third kappa shape index (κ3) is 2.03. The lowest BCUT2D eigenvalue weighted by Crippen LogP contribution is -2.29. The molecule has 3 nitrogen and oxygen atoms in total. The molecule has 90 valence electrons. The first-order valence-corrected chi connectivity index (χ1v) is 6.40. The van der Waals surface area contributed by atoms with Gasteiger partial charge < -0.3 is 16.0 Å². The van der Waals surface area contributed by atoms with E-state index in [4.69, 9.17) is 5.73 Å². The second-order valence-electron chi connectivity index (χ2n) is 4.96. The Morgan fingerprint density at radius 3 is 3.12 bits per heavy atom. The van der Waals surface area contributed by atoms with Crippen molar-refractivity contribution in [1.29, 1.82) is 0 Å². The summed E-state index contributed by atoms with van der Waals surface area (Å²) < 4.78 is 0. The quantitative estimate of drug-likeness (QED) is 0.758. The maximum atomic E-state index is 5.81. The van der Waals surface area contributed by atoms with Gasteiger partial charge in [-0.15, -0.1) is 0 Å². The van der Waals surface area contributed by atoms with Crippen LogP contribution in [0.5, 0.6) is 0 Å². The summed E-state index contributed by atoms with van der Waals surface area (Å²) in [5, 5.41) is 4.89. The SMILES string of the molecule is NCC1CCCC1Nc1ccc2[nH]ccc2c1. The largest absolute Gasteiger partial charge is 0.382 e. The minimum Gasteiger partial charge on any atom is -0.382 e. The fourth-order valence-corrected chi connectivity index (χ4v) is 2.87. The van der Waals surface area contributed by atoms with Crippen LogP contribution in [0.1, 0.15) is 19.3 Å². The van der Waals surface area contributed by atoms with Crippen LogP contribution in [-0.4, -0.2) is 17.6 Å². The average molecular weight is 229 g/mol. The van der Waals surface area contributed by atoms with Gasteiger partial charge in [0.2, 0.25) is 0 Å². The number of hydrogen-bond donors (Lipinski definition) is 3. The van der Waals surface area contributed by atoms with Crippen LogP contribution in [0.15, 0.2) is 30.5 Å². The van der Waals surface area contributed by atoms with Gasteiger partial charge in [0.15, 0.2) is 0 Å². The number of nitrogens with one attached hydrogen (secondary N) is 2. The fraction of sp³-hybridized carbons (Fsp3) is 0.429. The van der Waals surface area contributed by atoms with Crippen LogP contribution in [0.3, 0.4) is 0 Å². The molecule has 4 N–H and O–H groups in total. The van der Waals surface area contributed by atoms with Crippen molar-refractivity contribution in [2.24, 2.45) is 11.7 Å². The Bertz CT molecular complexity index is 503. The molecular formula is C14H19N3. The highest BCUT2D eigenvalue weighted by atomic mass is 14.9. The van der Waals surface area contributed by atoms with Crippen LogP contribution >= 0.6 is 0 Å². The third-order valence-electron chi connectivity index (χ3n) is 3.87. The Morgan fingerprint density at radius 2 is 2.24 bits per heavy atom.